The molecule has 4 nitrogen and oxygen atoms in total. The highest BCUT2D eigenvalue weighted by Crippen LogP contribution is 2.20. The molecule has 0 aliphatic heterocycles. The monoisotopic (exact) mass is 184 g/mol. The number of hydrogen-bond donors (Lipinski definition) is 3. The van der Waals surface area contributed by atoms with Crippen molar-refractivity contribution in [3.63, 3.8) is 0 Å². The predicted octanol–water partition coefficient (Wildman–Crippen LogP) is 0.840. The van der Waals surface area contributed by atoms with Crippen LogP contribution in [0.25, 0.3) is 0 Å². The molecular formula is C9H12O4. The van der Waals surface area contributed by atoms with E-state index in [-0.39, 0.29) is 5.78 Å². The quantitative estimate of drug-likeness (QED) is 0.439. The Labute approximate surface area is 75.8 Å². The molecule has 0 spiro atoms. The maximum Gasteiger partial charge on any atom is 0.156 e. The van der Waals surface area contributed by atoms with Crippen molar-refractivity contribution >= 4 is 5.78 Å². The smallest absolute Gasteiger partial charge is 0.156 e. The average Bonchev–Trinajstić information content (AvgIpc) is 2.16. The minimum Gasteiger partial charge on any atom is -0.512 e. The van der Waals surface area contributed by atoms with Gasteiger partial charge in [-0.15, -0.1) is 0 Å². The Hall–Kier alpha value is -1.29. The van der Waals surface area contributed by atoms with Gasteiger partial charge in [0, 0.05) is 6.42 Å². The van der Waals surface area contributed by atoms with Crippen molar-refractivity contribution in [3.05, 3.63) is 24.2 Å². The van der Waals surface area contributed by atoms with Gasteiger partial charge in [0.25, 0.3) is 0 Å². The van der Waals surface area contributed by atoms with Gasteiger partial charge in [0.15, 0.2) is 5.76 Å². The average molecular weight is 184 g/mol. The number of rotatable bonds is 2. The summed E-state index contributed by atoms with van der Waals surface area (Å²) >= 11 is 0. The van der Waals surface area contributed by atoms with Crippen LogP contribution in [0.15, 0.2) is 24.2 Å². The Morgan fingerprint density at radius 3 is 2.92 bits per heavy atom. The Balaban J connectivity index is 2.75. The summed E-state index contributed by atoms with van der Waals surface area (Å²) in [4.78, 5) is 11.2. The minimum atomic E-state index is -1.32. The third-order valence-electron chi connectivity index (χ3n) is 2.05. The van der Waals surface area contributed by atoms with Gasteiger partial charge in [0.05, 0.1) is 5.92 Å². The molecule has 1 aliphatic rings. The molecule has 0 radical (unpaired) electrons. The molecule has 1 aliphatic carbocycles. The minimum absolute atomic E-state index is 0.122. The highest BCUT2D eigenvalue weighted by atomic mass is 16.3. The van der Waals surface area contributed by atoms with Gasteiger partial charge in [-0.3, -0.25) is 4.79 Å². The van der Waals surface area contributed by atoms with Gasteiger partial charge < -0.3 is 15.3 Å². The zero-order valence-electron chi connectivity index (χ0n) is 7.05. The molecule has 0 amide bonds. The van der Waals surface area contributed by atoms with Crippen LogP contribution < -0.4 is 0 Å². The van der Waals surface area contributed by atoms with E-state index in [4.69, 9.17) is 10.2 Å². The fourth-order valence-corrected chi connectivity index (χ4v) is 1.28. The van der Waals surface area contributed by atoms with Crippen LogP contribution >= 0.6 is 0 Å². The largest absolute Gasteiger partial charge is 0.512 e. The summed E-state index contributed by atoms with van der Waals surface area (Å²) in [7, 11) is 0. The number of allylic oxidation sites excluding steroid dienone is 1. The molecule has 2 atom stereocenters. The van der Waals surface area contributed by atoms with Gasteiger partial charge in [-0.1, -0.05) is 12.2 Å². The van der Waals surface area contributed by atoms with Gasteiger partial charge in [-0.05, 0) is 6.42 Å². The number of carbonyl (C=O) groups excluding carboxylic acids is 1. The van der Waals surface area contributed by atoms with Gasteiger partial charge in [-0.25, -0.2) is 0 Å². The summed E-state index contributed by atoms with van der Waals surface area (Å²) in [6, 6.07) is 0. The number of ketones is 1. The van der Waals surface area contributed by atoms with Crippen LogP contribution in [0.2, 0.25) is 0 Å². The van der Waals surface area contributed by atoms with Crippen LogP contribution in [-0.4, -0.2) is 27.2 Å². The highest BCUT2D eigenvalue weighted by Gasteiger charge is 2.28. The van der Waals surface area contributed by atoms with Crippen molar-refractivity contribution in [3.8, 4) is 0 Å². The molecule has 13 heavy (non-hydrogen) atoms. The van der Waals surface area contributed by atoms with Gasteiger partial charge in [0.2, 0.25) is 0 Å². The summed E-state index contributed by atoms with van der Waals surface area (Å²) in [5.41, 5.74) is 0. The lowest BCUT2D eigenvalue weighted by molar-refractivity contribution is -0.124. The van der Waals surface area contributed by atoms with E-state index >= 15 is 0 Å². The molecule has 0 aromatic carbocycles. The zero-order valence-corrected chi connectivity index (χ0v) is 7.05. The molecular weight excluding hydrogens is 172 g/mol. The summed E-state index contributed by atoms with van der Waals surface area (Å²) in [6.45, 7) is 0. The normalized spacial score (nSPS) is 26.1. The van der Waals surface area contributed by atoms with E-state index in [0.29, 0.717) is 19.1 Å². The Bertz CT molecular complexity index is 254. The van der Waals surface area contributed by atoms with E-state index < -0.39 is 17.8 Å². The number of hydrogen-bond acceptors (Lipinski definition) is 4. The van der Waals surface area contributed by atoms with E-state index in [9.17, 15) is 9.90 Å². The lowest BCUT2D eigenvalue weighted by Crippen LogP contribution is -2.29. The molecule has 2 unspecified atom stereocenters. The SMILES string of the molecule is O=C1CCC=CC1C(O)C(O)=CO. The van der Waals surface area contributed by atoms with Crippen molar-refractivity contribution in [2.45, 2.75) is 18.9 Å². The van der Waals surface area contributed by atoms with Crippen LogP contribution in [0.4, 0.5) is 0 Å². The second-order valence-electron chi connectivity index (χ2n) is 2.96. The second kappa shape index (κ2) is 4.09. The lowest BCUT2D eigenvalue weighted by atomic mass is 9.89. The zero-order chi connectivity index (χ0) is 9.84. The molecule has 3 N–H and O–H groups in total. The molecule has 4 heteroatoms. The van der Waals surface area contributed by atoms with Crippen molar-refractivity contribution in [1.29, 1.82) is 0 Å². The van der Waals surface area contributed by atoms with E-state index in [0.717, 1.165) is 0 Å². The number of aliphatic hydroxyl groups excluding tert-OH is 3. The van der Waals surface area contributed by atoms with Gasteiger partial charge >= 0.3 is 0 Å². The van der Waals surface area contributed by atoms with Crippen LogP contribution in [-0.2, 0) is 4.79 Å². The van der Waals surface area contributed by atoms with Gasteiger partial charge in [-0.2, -0.15) is 0 Å². The third kappa shape index (κ3) is 2.09. The van der Waals surface area contributed by atoms with E-state index in [2.05, 4.69) is 0 Å². The molecule has 0 aromatic heterocycles. The summed E-state index contributed by atoms with van der Waals surface area (Å²) in [6.07, 6.45) is 3.45. The van der Waals surface area contributed by atoms with E-state index in [1.54, 1.807) is 12.2 Å². The maximum absolute atomic E-state index is 11.2. The fraction of sp³-hybridized carbons (Fsp3) is 0.444. The summed E-state index contributed by atoms with van der Waals surface area (Å²) in [5, 5.41) is 26.7. The predicted molar refractivity (Wildman–Crippen MR) is 46.2 cm³/mol. The van der Waals surface area contributed by atoms with Crippen LogP contribution in [0.3, 0.4) is 0 Å². The topological polar surface area (TPSA) is 77.8 Å². The number of aliphatic hydroxyl groups is 3. The lowest BCUT2D eigenvalue weighted by Gasteiger charge is -2.19. The van der Waals surface area contributed by atoms with E-state index in [1.165, 1.54) is 0 Å². The van der Waals surface area contributed by atoms with Gasteiger partial charge in [0.1, 0.15) is 18.1 Å². The summed E-state index contributed by atoms with van der Waals surface area (Å²) < 4.78 is 0. The molecule has 1 rings (SSSR count). The van der Waals surface area contributed by atoms with E-state index in [1.807, 2.05) is 0 Å². The van der Waals surface area contributed by atoms with Crippen molar-refractivity contribution in [2.75, 3.05) is 0 Å². The first-order chi connectivity index (χ1) is 6.16. The van der Waals surface area contributed by atoms with Crippen LogP contribution in [0.5, 0.6) is 0 Å². The molecule has 0 saturated carbocycles. The highest BCUT2D eigenvalue weighted by molar-refractivity contribution is 5.84. The molecule has 0 saturated heterocycles. The van der Waals surface area contributed by atoms with Crippen molar-refractivity contribution in [2.24, 2.45) is 5.92 Å². The molecule has 0 fully saturated rings. The second-order valence-corrected chi connectivity index (χ2v) is 2.96. The Morgan fingerprint density at radius 1 is 1.69 bits per heavy atom. The van der Waals surface area contributed by atoms with Crippen LogP contribution in [0, 0.1) is 5.92 Å². The fourth-order valence-electron chi connectivity index (χ4n) is 1.28. The standard InChI is InChI=1S/C9H12O4/c10-5-8(12)9(13)6-3-1-2-4-7(6)11/h1,3,5-6,9-10,12-13H,2,4H2. The van der Waals surface area contributed by atoms with Crippen molar-refractivity contribution < 1.29 is 20.1 Å². The number of Topliss-reactive ketones (excluding diaryl/α,β-unsaturated/α-hetero) is 1. The molecule has 0 bridgehead atoms. The van der Waals surface area contributed by atoms with Crippen LogP contribution in [0.1, 0.15) is 12.8 Å². The Morgan fingerprint density at radius 2 is 2.38 bits per heavy atom. The Kier molecular flexibility index (Phi) is 3.08. The molecule has 0 heterocycles. The maximum atomic E-state index is 11.2. The first-order valence-corrected chi connectivity index (χ1v) is 4.07. The first kappa shape index (κ1) is 9.80. The first-order valence-electron chi connectivity index (χ1n) is 4.07. The third-order valence-corrected chi connectivity index (χ3v) is 2.05. The molecule has 72 valence electrons. The summed E-state index contributed by atoms with van der Waals surface area (Å²) in [5.74, 6) is -1.43. The molecule has 0 aromatic rings. The number of carbonyl (C=O) groups is 1. The van der Waals surface area contributed by atoms with Crippen molar-refractivity contribution in [1.82, 2.24) is 0 Å².